The van der Waals surface area contributed by atoms with Crippen molar-refractivity contribution >= 4 is 11.6 Å². The summed E-state index contributed by atoms with van der Waals surface area (Å²) < 4.78 is 0. The molecule has 0 fully saturated rings. The van der Waals surface area contributed by atoms with Gasteiger partial charge in [-0.2, -0.15) is 0 Å². The second kappa shape index (κ2) is 4.56. The second-order valence-corrected chi connectivity index (χ2v) is 3.97. The third-order valence-corrected chi connectivity index (χ3v) is 2.76. The van der Waals surface area contributed by atoms with Gasteiger partial charge in [-0.3, -0.25) is 0 Å². The Labute approximate surface area is 99.3 Å². The van der Waals surface area contributed by atoms with Crippen LogP contribution in [0.2, 0.25) is 5.02 Å². The van der Waals surface area contributed by atoms with E-state index in [-0.39, 0.29) is 5.75 Å². The minimum atomic E-state index is 0.249. The van der Waals surface area contributed by atoms with E-state index in [1.165, 1.54) is 0 Å². The van der Waals surface area contributed by atoms with Crippen molar-refractivity contribution in [2.45, 2.75) is 6.54 Å². The van der Waals surface area contributed by atoms with Crippen molar-refractivity contribution in [3.05, 3.63) is 53.1 Å². The molecule has 2 rings (SSSR count). The van der Waals surface area contributed by atoms with Gasteiger partial charge in [0.15, 0.2) is 0 Å². The molecule has 0 saturated heterocycles. The first-order chi connectivity index (χ1) is 7.70. The maximum Gasteiger partial charge on any atom is 0.115 e. The van der Waals surface area contributed by atoms with E-state index >= 15 is 0 Å². The Morgan fingerprint density at radius 1 is 1.06 bits per heavy atom. The van der Waals surface area contributed by atoms with Gasteiger partial charge >= 0.3 is 0 Å². The van der Waals surface area contributed by atoms with Crippen molar-refractivity contribution < 1.29 is 5.11 Å². The Balaban J connectivity index is 2.44. The number of nitrogens with two attached hydrogens (primary N) is 1. The zero-order chi connectivity index (χ0) is 11.5. The van der Waals surface area contributed by atoms with Gasteiger partial charge in [-0.1, -0.05) is 35.9 Å². The van der Waals surface area contributed by atoms with Crippen molar-refractivity contribution in [3.63, 3.8) is 0 Å². The normalized spacial score (nSPS) is 10.4. The van der Waals surface area contributed by atoms with Crippen LogP contribution < -0.4 is 5.73 Å². The first-order valence-electron chi connectivity index (χ1n) is 4.98. The van der Waals surface area contributed by atoms with Gasteiger partial charge in [0.05, 0.1) is 0 Å². The molecule has 82 valence electrons. The quantitative estimate of drug-likeness (QED) is 0.837. The molecule has 2 nitrogen and oxygen atoms in total. The number of aromatic hydroxyl groups is 1. The zero-order valence-electron chi connectivity index (χ0n) is 8.65. The van der Waals surface area contributed by atoms with E-state index in [2.05, 4.69) is 0 Å². The molecule has 2 aromatic rings. The number of benzene rings is 2. The van der Waals surface area contributed by atoms with E-state index in [0.717, 1.165) is 16.7 Å². The first kappa shape index (κ1) is 11.0. The molecule has 0 saturated carbocycles. The molecular weight excluding hydrogens is 222 g/mol. The molecule has 0 aromatic heterocycles. The summed E-state index contributed by atoms with van der Waals surface area (Å²) in [7, 11) is 0. The summed E-state index contributed by atoms with van der Waals surface area (Å²) >= 11 is 6.16. The molecule has 0 heterocycles. The zero-order valence-corrected chi connectivity index (χ0v) is 9.41. The van der Waals surface area contributed by atoms with Gasteiger partial charge < -0.3 is 10.8 Å². The van der Waals surface area contributed by atoms with Gasteiger partial charge in [0, 0.05) is 17.1 Å². The van der Waals surface area contributed by atoms with Gasteiger partial charge in [-0.15, -0.1) is 0 Å². The van der Waals surface area contributed by atoms with Gasteiger partial charge in [0.25, 0.3) is 0 Å². The lowest BCUT2D eigenvalue weighted by molar-refractivity contribution is 0.475. The molecule has 0 spiro atoms. The largest absolute Gasteiger partial charge is 0.508 e. The fourth-order valence-corrected chi connectivity index (χ4v) is 1.87. The maximum absolute atomic E-state index is 9.21. The van der Waals surface area contributed by atoms with Crippen LogP contribution in [0.15, 0.2) is 42.5 Å². The molecule has 0 atom stereocenters. The van der Waals surface area contributed by atoms with Crippen LogP contribution in [0, 0.1) is 0 Å². The van der Waals surface area contributed by atoms with Crippen LogP contribution in [-0.4, -0.2) is 5.11 Å². The molecule has 0 amide bonds. The predicted molar refractivity (Wildman–Crippen MR) is 66.4 cm³/mol. The van der Waals surface area contributed by atoms with E-state index in [1.54, 1.807) is 12.1 Å². The lowest BCUT2D eigenvalue weighted by Crippen LogP contribution is -1.95. The Hall–Kier alpha value is -1.51. The number of hydrogen-bond acceptors (Lipinski definition) is 2. The summed E-state index contributed by atoms with van der Waals surface area (Å²) in [5.74, 6) is 0.249. The minimum absolute atomic E-state index is 0.249. The standard InChI is InChI=1S/C13H12ClNO/c14-13-7-9(8-15)1-6-12(13)10-2-4-11(16)5-3-10/h1-7,16H,8,15H2. The summed E-state index contributed by atoms with van der Waals surface area (Å²) in [6, 6.07) is 12.7. The van der Waals surface area contributed by atoms with Crippen LogP contribution in [0.3, 0.4) is 0 Å². The molecule has 0 aliphatic rings. The van der Waals surface area contributed by atoms with Crippen LogP contribution in [0.4, 0.5) is 0 Å². The summed E-state index contributed by atoms with van der Waals surface area (Å²) in [6.07, 6.45) is 0. The third kappa shape index (κ3) is 2.18. The Morgan fingerprint density at radius 2 is 1.75 bits per heavy atom. The van der Waals surface area contributed by atoms with E-state index in [1.807, 2.05) is 30.3 Å². The highest BCUT2D eigenvalue weighted by atomic mass is 35.5. The average molecular weight is 234 g/mol. The van der Waals surface area contributed by atoms with Crippen LogP contribution in [0.25, 0.3) is 11.1 Å². The van der Waals surface area contributed by atoms with Crippen molar-refractivity contribution in [3.8, 4) is 16.9 Å². The van der Waals surface area contributed by atoms with Crippen LogP contribution in [-0.2, 0) is 6.54 Å². The van der Waals surface area contributed by atoms with Gasteiger partial charge in [0.2, 0.25) is 0 Å². The fourth-order valence-electron chi connectivity index (χ4n) is 1.56. The highest BCUT2D eigenvalue weighted by Gasteiger charge is 2.04. The number of phenols is 1. The molecule has 16 heavy (non-hydrogen) atoms. The summed E-state index contributed by atoms with van der Waals surface area (Å²) in [5.41, 5.74) is 8.46. The van der Waals surface area contributed by atoms with Crippen molar-refractivity contribution in [2.24, 2.45) is 5.73 Å². The summed E-state index contributed by atoms with van der Waals surface area (Å²) in [6.45, 7) is 0.482. The van der Waals surface area contributed by atoms with Crippen LogP contribution in [0.1, 0.15) is 5.56 Å². The van der Waals surface area contributed by atoms with E-state index in [0.29, 0.717) is 11.6 Å². The highest BCUT2D eigenvalue weighted by Crippen LogP contribution is 2.29. The molecule has 2 aromatic carbocycles. The number of halogens is 1. The second-order valence-electron chi connectivity index (χ2n) is 3.57. The smallest absolute Gasteiger partial charge is 0.115 e. The molecular formula is C13H12ClNO. The predicted octanol–water partition coefficient (Wildman–Crippen LogP) is 3.17. The third-order valence-electron chi connectivity index (χ3n) is 2.45. The first-order valence-corrected chi connectivity index (χ1v) is 5.36. The maximum atomic E-state index is 9.21. The van der Waals surface area contributed by atoms with E-state index in [4.69, 9.17) is 17.3 Å². The molecule has 0 unspecified atom stereocenters. The van der Waals surface area contributed by atoms with Gasteiger partial charge in [-0.25, -0.2) is 0 Å². The Morgan fingerprint density at radius 3 is 2.31 bits per heavy atom. The topological polar surface area (TPSA) is 46.2 Å². The van der Waals surface area contributed by atoms with E-state index in [9.17, 15) is 5.11 Å². The molecule has 0 aliphatic heterocycles. The Bertz CT molecular complexity index is 494. The number of hydrogen-bond donors (Lipinski definition) is 2. The Kier molecular flexibility index (Phi) is 3.13. The summed E-state index contributed by atoms with van der Waals surface area (Å²) in [4.78, 5) is 0. The summed E-state index contributed by atoms with van der Waals surface area (Å²) in [5, 5.41) is 9.88. The SMILES string of the molecule is NCc1ccc(-c2ccc(O)cc2)c(Cl)c1. The monoisotopic (exact) mass is 233 g/mol. The van der Waals surface area contributed by atoms with Gasteiger partial charge in [0.1, 0.15) is 5.75 Å². The highest BCUT2D eigenvalue weighted by molar-refractivity contribution is 6.33. The lowest BCUT2D eigenvalue weighted by atomic mass is 10.0. The molecule has 0 bridgehead atoms. The molecule has 0 radical (unpaired) electrons. The average Bonchev–Trinajstić information content (AvgIpc) is 2.30. The van der Waals surface area contributed by atoms with Crippen molar-refractivity contribution in [1.29, 1.82) is 0 Å². The van der Waals surface area contributed by atoms with Crippen LogP contribution in [0.5, 0.6) is 5.75 Å². The van der Waals surface area contributed by atoms with E-state index < -0.39 is 0 Å². The van der Waals surface area contributed by atoms with Crippen molar-refractivity contribution in [2.75, 3.05) is 0 Å². The van der Waals surface area contributed by atoms with Gasteiger partial charge in [-0.05, 0) is 29.3 Å². The fraction of sp³-hybridized carbons (Fsp3) is 0.0769. The van der Waals surface area contributed by atoms with Crippen LogP contribution >= 0.6 is 11.6 Å². The molecule has 3 N–H and O–H groups in total. The molecule has 3 heteroatoms. The minimum Gasteiger partial charge on any atom is -0.508 e. The lowest BCUT2D eigenvalue weighted by Gasteiger charge is -2.06. The number of phenolic OH excluding ortho intramolecular Hbond substituents is 1. The number of rotatable bonds is 2. The van der Waals surface area contributed by atoms with Crippen molar-refractivity contribution in [1.82, 2.24) is 0 Å². The molecule has 0 aliphatic carbocycles.